The van der Waals surface area contributed by atoms with Crippen molar-refractivity contribution in [1.82, 2.24) is 14.9 Å². The van der Waals surface area contributed by atoms with Crippen molar-refractivity contribution in [2.75, 3.05) is 7.11 Å². The van der Waals surface area contributed by atoms with Crippen LogP contribution in [0.1, 0.15) is 22.8 Å². The predicted octanol–water partition coefficient (Wildman–Crippen LogP) is 2.34. The van der Waals surface area contributed by atoms with Gasteiger partial charge < -0.3 is 14.6 Å². The third kappa shape index (κ3) is 2.96. The summed E-state index contributed by atoms with van der Waals surface area (Å²) in [7, 11) is 3.75. The van der Waals surface area contributed by atoms with E-state index in [2.05, 4.69) is 34.9 Å². The number of nitrogens with one attached hydrogen (secondary N) is 1. The first-order valence-electron chi connectivity index (χ1n) is 6.45. The Kier molecular flexibility index (Phi) is 4.22. The highest BCUT2D eigenvalue weighted by molar-refractivity contribution is 5.33. The van der Waals surface area contributed by atoms with Crippen molar-refractivity contribution in [2.24, 2.45) is 7.05 Å². The zero-order valence-corrected chi connectivity index (χ0v) is 12.0. The van der Waals surface area contributed by atoms with E-state index >= 15 is 0 Å². The molecule has 2 aromatic rings. The van der Waals surface area contributed by atoms with E-state index in [0.717, 1.165) is 35.9 Å². The minimum atomic E-state index is 0.753. The van der Waals surface area contributed by atoms with E-state index in [-0.39, 0.29) is 0 Å². The van der Waals surface area contributed by atoms with Crippen LogP contribution in [0.3, 0.4) is 0 Å². The SMILES string of the molecule is COc1ccccc1CNCc1nc(C)c(C)n1C. The number of nitrogens with zero attached hydrogens (tertiary/aromatic N) is 2. The fraction of sp³-hybridized carbons (Fsp3) is 0.400. The molecule has 0 aliphatic rings. The lowest BCUT2D eigenvalue weighted by Gasteiger charge is -2.09. The monoisotopic (exact) mass is 259 g/mol. The van der Waals surface area contributed by atoms with Crippen LogP contribution in [0.25, 0.3) is 0 Å². The van der Waals surface area contributed by atoms with Crippen molar-refractivity contribution in [2.45, 2.75) is 26.9 Å². The van der Waals surface area contributed by atoms with Gasteiger partial charge in [0.05, 0.1) is 19.3 Å². The third-order valence-corrected chi connectivity index (χ3v) is 3.50. The lowest BCUT2D eigenvalue weighted by Crippen LogP contribution is -2.16. The fourth-order valence-corrected chi connectivity index (χ4v) is 2.10. The van der Waals surface area contributed by atoms with Gasteiger partial charge in [-0.1, -0.05) is 18.2 Å². The van der Waals surface area contributed by atoms with E-state index in [9.17, 15) is 0 Å². The molecule has 1 N–H and O–H groups in total. The summed E-state index contributed by atoms with van der Waals surface area (Å²) in [5.74, 6) is 1.98. The molecule has 19 heavy (non-hydrogen) atoms. The number of benzene rings is 1. The summed E-state index contributed by atoms with van der Waals surface area (Å²) >= 11 is 0. The molecule has 2 rings (SSSR count). The van der Waals surface area contributed by atoms with E-state index in [1.54, 1.807) is 7.11 Å². The number of para-hydroxylation sites is 1. The van der Waals surface area contributed by atoms with Gasteiger partial charge in [0.2, 0.25) is 0 Å². The Labute approximate surface area is 114 Å². The Morgan fingerprint density at radius 2 is 1.95 bits per heavy atom. The Balaban J connectivity index is 1.98. The highest BCUT2D eigenvalue weighted by Gasteiger charge is 2.07. The molecule has 0 atom stereocenters. The van der Waals surface area contributed by atoms with Gasteiger partial charge >= 0.3 is 0 Å². The zero-order valence-electron chi connectivity index (χ0n) is 12.0. The lowest BCUT2D eigenvalue weighted by molar-refractivity contribution is 0.407. The second-order valence-electron chi connectivity index (χ2n) is 4.67. The van der Waals surface area contributed by atoms with Crippen LogP contribution in [-0.4, -0.2) is 16.7 Å². The summed E-state index contributed by atoms with van der Waals surface area (Å²) in [5.41, 5.74) is 3.47. The number of imidazole rings is 1. The Morgan fingerprint density at radius 1 is 1.21 bits per heavy atom. The summed E-state index contributed by atoms with van der Waals surface area (Å²) < 4.78 is 7.46. The molecule has 1 aromatic heterocycles. The van der Waals surface area contributed by atoms with Crippen molar-refractivity contribution in [3.8, 4) is 5.75 Å². The van der Waals surface area contributed by atoms with Crippen LogP contribution in [0.4, 0.5) is 0 Å². The quantitative estimate of drug-likeness (QED) is 0.895. The largest absolute Gasteiger partial charge is 0.496 e. The lowest BCUT2D eigenvalue weighted by atomic mass is 10.2. The van der Waals surface area contributed by atoms with E-state index in [1.165, 1.54) is 5.69 Å². The van der Waals surface area contributed by atoms with Crippen molar-refractivity contribution in [3.63, 3.8) is 0 Å². The molecular formula is C15H21N3O. The molecule has 102 valence electrons. The van der Waals surface area contributed by atoms with Gasteiger partial charge in [0.25, 0.3) is 0 Å². The molecular weight excluding hydrogens is 238 g/mol. The first kappa shape index (κ1) is 13.6. The standard InChI is InChI=1S/C15H21N3O/c1-11-12(2)18(3)15(17-11)10-16-9-13-7-5-6-8-14(13)19-4/h5-8,16H,9-10H2,1-4H3. The Bertz CT molecular complexity index is 561. The molecule has 1 heterocycles. The summed E-state index contributed by atoms with van der Waals surface area (Å²) in [4.78, 5) is 4.55. The number of hydrogen-bond acceptors (Lipinski definition) is 3. The second-order valence-corrected chi connectivity index (χ2v) is 4.67. The van der Waals surface area contributed by atoms with Crippen LogP contribution in [0.2, 0.25) is 0 Å². The minimum Gasteiger partial charge on any atom is -0.496 e. The molecule has 0 amide bonds. The highest BCUT2D eigenvalue weighted by Crippen LogP contribution is 2.17. The molecule has 0 radical (unpaired) electrons. The Hall–Kier alpha value is -1.81. The van der Waals surface area contributed by atoms with Crippen molar-refractivity contribution < 1.29 is 4.74 Å². The van der Waals surface area contributed by atoms with Crippen molar-refractivity contribution in [1.29, 1.82) is 0 Å². The summed E-state index contributed by atoms with van der Waals surface area (Å²) in [6.07, 6.45) is 0. The van der Waals surface area contributed by atoms with E-state index in [1.807, 2.05) is 25.1 Å². The maximum Gasteiger partial charge on any atom is 0.123 e. The number of hydrogen-bond donors (Lipinski definition) is 1. The normalized spacial score (nSPS) is 10.7. The maximum absolute atomic E-state index is 5.33. The van der Waals surface area contributed by atoms with E-state index < -0.39 is 0 Å². The van der Waals surface area contributed by atoms with Gasteiger partial charge in [-0.15, -0.1) is 0 Å². The van der Waals surface area contributed by atoms with E-state index in [0.29, 0.717) is 0 Å². The smallest absolute Gasteiger partial charge is 0.123 e. The summed E-state index contributed by atoms with van der Waals surface area (Å²) in [6, 6.07) is 8.05. The number of aryl methyl sites for hydroxylation is 1. The zero-order chi connectivity index (χ0) is 13.8. The number of methoxy groups -OCH3 is 1. The maximum atomic E-state index is 5.33. The summed E-state index contributed by atoms with van der Waals surface area (Å²) in [5, 5.41) is 3.41. The summed E-state index contributed by atoms with van der Waals surface area (Å²) in [6.45, 7) is 5.66. The molecule has 0 saturated heterocycles. The molecule has 0 spiro atoms. The van der Waals surface area contributed by atoms with Crippen LogP contribution in [0.15, 0.2) is 24.3 Å². The third-order valence-electron chi connectivity index (χ3n) is 3.50. The van der Waals surface area contributed by atoms with Gasteiger partial charge in [0, 0.05) is 24.8 Å². The van der Waals surface area contributed by atoms with Crippen LogP contribution >= 0.6 is 0 Å². The number of aromatic nitrogens is 2. The molecule has 4 heteroatoms. The highest BCUT2D eigenvalue weighted by atomic mass is 16.5. The molecule has 0 aliphatic carbocycles. The van der Waals surface area contributed by atoms with Crippen molar-refractivity contribution in [3.05, 3.63) is 47.0 Å². The first-order valence-corrected chi connectivity index (χ1v) is 6.45. The van der Waals surface area contributed by atoms with Crippen LogP contribution < -0.4 is 10.1 Å². The van der Waals surface area contributed by atoms with Crippen LogP contribution in [0.5, 0.6) is 5.75 Å². The Morgan fingerprint density at radius 3 is 2.58 bits per heavy atom. The van der Waals surface area contributed by atoms with E-state index in [4.69, 9.17) is 4.74 Å². The topological polar surface area (TPSA) is 39.1 Å². The van der Waals surface area contributed by atoms with Crippen LogP contribution in [-0.2, 0) is 20.1 Å². The van der Waals surface area contributed by atoms with Gasteiger partial charge in [0.1, 0.15) is 11.6 Å². The predicted molar refractivity (Wildman–Crippen MR) is 76.2 cm³/mol. The van der Waals surface area contributed by atoms with Crippen LogP contribution in [0, 0.1) is 13.8 Å². The minimum absolute atomic E-state index is 0.753. The molecule has 0 bridgehead atoms. The molecule has 0 fully saturated rings. The van der Waals surface area contributed by atoms with Gasteiger partial charge in [-0.3, -0.25) is 0 Å². The molecule has 0 saturated carbocycles. The molecule has 4 nitrogen and oxygen atoms in total. The van der Waals surface area contributed by atoms with Crippen molar-refractivity contribution >= 4 is 0 Å². The van der Waals surface area contributed by atoms with Gasteiger partial charge in [-0.25, -0.2) is 4.98 Å². The van der Waals surface area contributed by atoms with Gasteiger partial charge in [0.15, 0.2) is 0 Å². The number of ether oxygens (including phenoxy) is 1. The average molecular weight is 259 g/mol. The average Bonchev–Trinajstić information content (AvgIpc) is 2.67. The van der Waals surface area contributed by atoms with Gasteiger partial charge in [-0.05, 0) is 19.9 Å². The molecule has 1 aromatic carbocycles. The first-order chi connectivity index (χ1) is 9.13. The fourth-order valence-electron chi connectivity index (χ4n) is 2.10. The second kappa shape index (κ2) is 5.89. The molecule has 0 aliphatic heterocycles. The molecule has 0 unspecified atom stereocenters. The van der Waals surface area contributed by atoms with Gasteiger partial charge in [-0.2, -0.15) is 0 Å². The number of rotatable bonds is 5.